The Bertz CT molecular complexity index is 315. The smallest absolute Gasteiger partial charge is 0.410 e. The highest BCUT2D eigenvalue weighted by atomic mass is 16.6. The fraction of sp³-hybridized carbons (Fsp3) is 0.846. The Morgan fingerprint density at radius 1 is 1.35 bits per heavy atom. The van der Waals surface area contributed by atoms with Gasteiger partial charge in [0.2, 0.25) is 0 Å². The van der Waals surface area contributed by atoms with Gasteiger partial charge in [0.25, 0.3) is 0 Å². The van der Waals surface area contributed by atoms with Crippen molar-refractivity contribution in [2.24, 2.45) is 5.92 Å². The molecule has 2 aliphatic heterocycles. The summed E-state index contributed by atoms with van der Waals surface area (Å²) in [5.41, 5.74) is -0.469. The minimum atomic E-state index is -0.469. The largest absolute Gasteiger partial charge is 0.444 e. The molecular formula is C13H21NO3. The second-order valence-electron chi connectivity index (χ2n) is 6.17. The Morgan fingerprint density at radius 3 is 2.53 bits per heavy atom. The van der Waals surface area contributed by atoms with Crippen molar-refractivity contribution in [1.82, 2.24) is 4.90 Å². The highest BCUT2D eigenvalue weighted by Gasteiger charge is 2.47. The molecule has 0 aromatic carbocycles. The molecule has 0 aromatic heterocycles. The Hall–Kier alpha value is -1.06. The molecule has 2 bridgehead atoms. The number of fused-ring (bicyclic) bond motifs is 2. The maximum atomic E-state index is 12.1. The highest BCUT2D eigenvalue weighted by Crippen LogP contribution is 2.43. The van der Waals surface area contributed by atoms with Crippen molar-refractivity contribution in [1.29, 1.82) is 0 Å². The summed E-state index contributed by atoms with van der Waals surface area (Å²) >= 11 is 0. The molecule has 1 saturated carbocycles. The van der Waals surface area contributed by atoms with Gasteiger partial charge in [-0.05, 0) is 46.0 Å². The zero-order valence-electron chi connectivity index (χ0n) is 10.8. The first-order chi connectivity index (χ1) is 7.90. The van der Waals surface area contributed by atoms with E-state index in [1.807, 2.05) is 20.8 Å². The summed E-state index contributed by atoms with van der Waals surface area (Å²) in [4.78, 5) is 24.6. The first kappa shape index (κ1) is 12.4. The van der Waals surface area contributed by atoms with Crippen LogP contribution in [-0.2, 0) is 9.53 Å². The van der Waals surface area contributed by atoms with Gasteiger partial charge in [0.15, 0.2) is 0 Å². The number of aldehydes is 1. The van der Waals surface area contributed by atoms with E-state index in [0.717, 1.165) is 25.5 Å². The average molecular weight is 239 g/mol. The molecule has 1 atom stereocenters. The fourth-order valence-corrected chi connectivity index (χ4v) is 2.85. The van der Waals surface area contributed by atoms with Crippen molar-refractivity contribution in [2.45, 2.75) is 64.1 Å². The normalized spacial score (nSPS) is 31.7. The zero-order valence-corrected chi connectivity index (χ0v) is 10.8. The quantitative estimate of drug-likeness (QED) is 0.695. The van der Waals surface area contributed by atoms with Crippen LogP contribution in [0.1, 0.15) is 46.5 Å². The van der Waals surface area contributed by atoms with E-state index in [2.05, 4.69) is 0 Å². The minimum Gasteiger partial charge on any atom is -0.444 e. The van der Waals surface area contributed by atoms with Crippen molar-refractivity contribution in [2.75, 3.05) is 0 Å². The lowest BCUT2D eigenvalue weighted by atomic mass is 9.70. The van der Waals surface area contributed by atoms with Crippen LogP contribution in [0.5, 0.6) is 0 Å². The predicted molar refractivity (Wildman–Crippen MR) is 63.7 cm³/mol. The molecule has 3 rings (SSSR count). The second-order valence-corrected chi connectivity index (χ2v) is 6.17. The average Bonchev–Trinajstić information content (AvgIpc) is 2.13. The fourth-order valence-electron chi connectivity index (χ4n) is 2.85. The van der Waals surface area contributed by atoms with Crippen molar-refractivity contribution in [3.8, 4) is 0 Å². The maximum Gasteiger partial charge on any atom is 0.410 e. The van der Waals surface area contributed by atoms with E-state index in [1.165, 1.54) is 0 Å². The van der Waals surface area contributed by atoms with Gasteiger partial charge in [-0.2, -0.15) is 0 Å². The Kier molecular flexibility index (Phi) is 3.15. The SMILES string of the molecule is CC(C)(C)OC(=O)N1C(CC=O)CC2CC1C2. The monoisotopic (exact) mass is 239 g/mol. The summed E-state index contributed by atoms with van der Waals surface area (Å²) in [5, 5.41) is 0. The van der Waals surface area contributed by atoms with E-state index < -0.39 is 5.60 Å². The van der Waals surface area contributed by atoms with E-state index in [9.17, 15) is 9.59 Å². The molecule has 17 heavy (non-hydrogen) atoms. The van der Waals surface area contributed by atoms with Crippen LogP contribution in [0.3, 0.4) is 0 Å². The molecule has 2 heterocycles. The molecule has 3 fully saturated rings. The number of ether oxygens (including phenoxy) is 1. The standard InChI is InChI=1S/C13H21NO3/c1-13(2,3)17-12(16)14-10(4-5-15)6-9-7-11(14)8-9/h5,9-11H,4,6-8H2,1-3H3. The zero-order chi connectivity index (χ0) is 12.6. The molecule has 4 nitrogen and oxygen atoms in total. The molecule has 96 valence electrons. The molecule has 1 unspecified atom stereocenters. The summed E-state index contributed by atoms with van der Waals surface area (Å²) in [6.07, 6.45) is 4.20. The van der Waals surface area contributed by atoms with Crippen molar-refractivity contribution < 1.29 is 14.3 Å². The topological polar surface area (TPSA) is 46.6 Å². The summed E-state index contributed by atoms with van der Waals surface area (Å²) < 4.78 is 5.42. The predicted octanol–water partition coefficient (Wildman–Crippen LogP) is 2.36. The Labute approximate surface area is 102 Å². The molecule has 4 heteroatoms. The van der Waals surface area contributed by atoms with Crippen molar-refractivity contribution in [3.05, 3.63) is 0 Å². The first-order valence-electron chi connectivity index (χ1n) is 6.35. The van der Waals surface area contributed by atoms with E-state index in [0.29, 0.717) is 18.4 Å². The van der Waals surface area contributed by atoms with Gasteiger partial charge < -0.3 is 14.4 Å². The van der Waals surface area contributed by atoms with Gasteiger partial charge in [0, 0.05) is 18.5 Å². The number of carbonyl (C=O) groups excluding carboxylic acids is 2. The number of rotatable bonds is 2. The third-order valence-corrected chi connectivity index (χ3v) is 3.58. The van der Waals surface area contributed by atoms with E-state index in [4.69, 9.17) is 4.74 Å². The Balaban J connectivity index is 2.04. The maximum absolute atomic E-state index is 12.1. The van der Waals surface area contributed by atoms with E-state index in [1.54, 1.807) is 4.90 Å². The molecule has 0 aromatic rings. The molecule has 0 spiro atoms. The van der Waals surface area contributed by atoms with Gasteiger partial charge >= 0.3 is 6.09 Å². The van der Waals surface area contributed by atoms with Crippen molar-refractivity contribution >= 4 is 12.4 Å². The summed E-state index contributed by atoms with van der Waals surface area (Å²) in [6, 6.07) is 0.355. The van der Waals surface area contributed by atoms with Crippen LogP contribution in [0.25, 0.3) is 0 Å². The van der Waals surface area contributed by atoms with Crippen LogP contribution >= 0.6 is 0 Å². The second kappa shape index (κ2) is 4.31. The molecule has 0 N–H and O–H groups in total. The third kappa shape index (κ3) is 2.61. The molecule has 2 saturated heterocycles. The number of nitrogens with zero attached hydrogens (tertiary/aromatic N) is 1. The van der Waals surface area contributed by atoms with Gasteiger partial charge in [0.1, 0.15) is 11.9 Å². The van der Waals surface area contributed by atoms with E-state index in [-0.39, 0.29) is 12.1 Å². The molecule has 3 aliphatic rings. The lowest BCUT2D eigenvalue weighted by Crippen LogP contribution is -2.59. The van der Waals surface area contributed by atoms with Gasteiger partial charge in [-0.15, -0.1) is 0 Å². The molecule has 0 radical (unpaired) electrons. The van der Waals surface area contributed by atoms with Crippen molar-refractivity contribution in [3.63, 3.8) is 0 Å². The molecule has 1 aliphatic carbocycles. The summed E-state index contributed by atoms with van der Waals surface area (Å²) in [6.45, 7) is 5.60. The van der Waals surface area contributed by atoms with Crippen LogP contribution in [0.4, 0.5) is 4.79 Å². The summed E-state index contributed by atoms with van der Waals surface area (Å²) in [5.74, 6) is 0.712. The minimum absolute atomic E-state index is 0.0554. The van der Waals surface area contributed by atoms with Crippen LogP contribution < -0.4 is 0 Å². The van der Waals surface area contributed by atoms with Gasteiger partial charge in [0.05, 0.1) is 0 Å². The number of hydrogen-bond donors (Lipinski definition) is 0. The number of hydrogen-bond acceptors (Lipinski definition) is 3. The molecule has 1 amide bonds. The van der Waals surface area contributed by atoms with Crippen LogP contribution in [0.15, 0.2) is 0 Å². The van der Waals surface area contributed by atoms with E-state index >= 15 is 0 Å². The number of amides is 1. The third-order valence-electron chi connectivity index (χ3n) is 3.58. The molecular weight excluding hydrogens is 218 g/mol. The van der Waals surface area contributed by atoms with Crippen LogP contribution in [-0.4, -0.2) is 35.0 Å². The van der Waals surface area contributed by atoms with Crippen LogP contribution in [0.2, 0.25) is 0 Å². The number of carbonyl (C=O) groups is 2. The summed E-state index contributed by atoms with van der Waals surface area (Å²) in [7, 11) is 0. The van der Waals surface area contributed by atoms with Gasteiger partial charge in [-0.25, -0.2) is 4.79 Å². The first-order valence-corrected chi connectivity index (χ1v) is 6.35. The van der Waals surface area contributed by atoms with Crippen LogP contribution in [0, 0.1) is 5.92 Å². The van der Waals surface area contributed by atoms with Gasteiger partial charge in [-0.1, -0.05) is 0 Å². The van der Waals surface area contributed by atoms with Gasteiger partial charge in [-0.3, -0.25) is 0 Å². The number of piperidine rings is 2. The Morgan fingerprint density at radius 2 is 2.00 bits per heavy atom. The highest BCUT2D eigenvalue weighted by molar-refractivity contribution is 5.70. The lowest BCUT2D eigenvalue weighted by Gasteiger charge is -2.53. The lowest BCUT2D eigenvalue weighted by molar-refractivity contribution is -0.111.